The maximum absolute atomic E-state index is 10.5. The Morgan fingerprint density at radius 3 is 2.18 bits per heavy atom. The molecule has 2 saturated heterocycles. The van der Waals surface area contributed by atoms with Crippen molar-refractivity contribution >= 4 is 0 Å². The highest BCUT2D eigenvalue weighted by Crippen LogP contribution is 2.58. The van der Waals surface area contributed by atoms with Crippen LogP contribution in [0.5, 0.6) is 0 Å². The number of hydrogen-bond donors (Lipinski definition) is 1. The fourth-order valence-electron chi connectivity index (χ4n) is 5.01. The molecule has 2 aliphatic heterocycles. The zero-order chi connectivity index (χ0) is 16.3. The maximum Gasteiger partial charge on any atom is 0.103 e. The highest BCUT2D eigenvalue weighted by atomic mass is 16.6. The van der Waals surface area contributed by atoms with Crippen LogP contribution >= 0.6 is 0 Å². The summed E-state index contributed by atoms with van der Waals surface area (Å²) in [5, 5.41) is 12.1. The van der Waals surface area contributed by atoms with Gasteiger partial charge in [-0.1, -0.05) is 12.5 Å². The molecule has 126 valence electrons. The summed E-state index contributed by atoms with van der Waals surface area (Å²) < 4.78 is 5.62. The monoisotopic (exact) mass is 307 g/mol. The molecule has 0 aromatic rings. The standard InChI is InChI=1S/C19H33NO2/c1-7-12(2)17(16-11-22-16)15-8-14(15)13-9-18(3,4)20(21)19(5,6)10-13/h13-16,21H,7-11H2,1-6H3/b17-12+/t14-,15-,16?/m1/s1. The Hall–Kier alpha value is -0.380. The Morgan fingerprint density at radius 1 is 1.18 bits per heavy atom. The van der Waals surface area contributed by atoms with Crippen molar-refractivity contribution in [1.82, 2.24) is 5.06 Å². The molecule has 22 heavy (non-hydrogen) atoms. The van der Waals surface area contributed by atoms with Gasteiger partial charge in [0.05, 0.1) is 6.61 Å². The van der Waals surface area contributed by atoms with E-state index >= 15 is 0 Å². The molecule has 0 aromatic heterocycles. The molecule has 0 radical (unpaired) electrons. The average molecular weight is 307 g/mol. The van der Waals surface area contributed by atoms with E-state index in [2.05, 4.69) is 41.5 Å². The zero-order valence-corrected chi connectivity index (χ0v) is 15.1. The molecule has 1 aliphatic carbocycles. The van der Waals surface area contributed by atoms with Gasteiger partial charge in [0.1, 0.15) is 6.10 Å². The Bertz CT molecular complexity index is 458. The van der Waals surface area contributed by atoms with Gasteiger partial charge in [-0.05, 0) is 83.6 Å². The van der Waals surface area contributed by atoms with E-state index < -0.39 is 0 Å². The van der Waals surface area contributed by atoms with E-state index in [1.165, 1.54) is 6.42 Å². The predicted molar refractivity (Wildman–Crippen MR) is 88.8 cm³/mol. The summed E-state index contributed by atoms with van der Waals surface area (Å²) in [4.78, 5) is 0. The first kappa shape index (κ1) is 16.5. The molecule has 0 bridgehead atoms. The summed E-state index contributed by atoms with van der Waals surface area (Å²) in [6.45, 7) is 14.2. The van der Waals surface area contributed by atoms with E-state index in [-0.39, 0.29) is 11.1 Å². The van der Waals surface area contributed by atoms with Crippen LogP contribution in [-0.4, -0.2) is 34.1 Å². The van der Waals surface area contributed by atoms with Gasteiger partial charge in [0.15, 0.2) is 0 Å². The van der Waals surface area contributed by atoms with Gasteiger partial charge >= 0.3 is 0 Å². The van der Waals surface area contributed by atoms with Crippen molar-refractivity contribution in [3.05, 3.63) is 11.1 Å². The second-order valence-corrected chi connectivity index (χ2v) is 9.02. The van der Waals surface area contributed by atoms with Crippen molar-refractivity contribution in [3.63, 3.8) is 0 Å². The van der Waals surface area contributed by atoms with E-state index in [4.69, 9.17) is 4.74 Å². The highest BCUT2D eigenvalue weighted by molar-refractivity contribution is 5.29. The van der Waals surface area contributed by atoms with Crippen LogP contribution in [0.2, 0.25) is 0 Å². The summed E-state index contributed by atoms with van der Waals surface area (Å²) in [6.07, 6.45) is 5.09. The molecule has 3 heteroatoms. The Morgan fingerprint density at radius 2 is 1.73 bits per heavy atom. The predicted octanol–water partition coefficient (Wildman–Crippen LogP) is 4.41. The molecule has 3 fully saturated rings. The van der Waals surface area contributed by atoms with E-state index in [9.17, 15) is 5.21 Å². The van der Waals surface area contributed by atoms with Crippen LogP contribution in [0.25, 0.3) is 0 Å². The van der Waals surface area contributed by atoms with Gasteiger partial charge in [0, 0.05) is 11.1 Å². The van der Waals surface area contributed by atoms with Gasteiger partial charge in [0.2, 0.25) is 0 Å². The molecule has 3 nitrogen and oxygen atoms in total. The lowest BCUT2D eigenvalue weighted by Gasteiger charge is -2.52. The lowest BCUT2D eigenvalue weighted by Crippen LogP contribution is -2.59. The van der Waals surface area contributed by atoms with E-state index in [1.807, 2.05) is 0 Å². The first-order valence-electron chi connectivity index (χ1n) is 8.97. The minimum atomic E-state index is -0.126. The van der Waals surface area contributed by atoms with Crippen LogP contribution in [0.15, 0.2) is 11.1 Å². The first-order valence-corrected chi connectivity index (χ1v) is 8.97. The molecule has 1 N–H and O–H groups in total. The van der Waals surface area contributed by atoms with Crippen molar-refractivity contribution in [2.24, 2.45) is 17.8 Å². The number of rotatable bonds is 4. The third kappa shape index (κ3) is 2.88. The number of piperidine rings is 1. The normalized spacial score (nSPS) is 38.6. The molecule has 0 amide bonds. The lowest BCUT2D eigenvalue weighted by molar-refractivity contribution is -0.252. The molecular formula is C19H33NO2. The van der Waals surface area contributed by atoms with Gasteiger partial charge in [-0.2, -0.15) is 5.06 Å². The topological polar surface area (TPSA) is 36.0 Å². The average Bonchev–Trinajstić information content (AvgIpc) is 3.30. The van der Waals surface area contributed by atoms with Gasteiger partial charge in [-0.25, -0.2) is 0 Å². The second kappa shape index (κ2) is 5.32. The molecule has 0 aromatic carbocycles. The third-order valence-corrected chi connectivity index (χ3v) is 6.22. The maximum atomic E-state index is 10.5. The summed E-state index contributed by atoms with van der Waals surface area (Å²) in [7, 11) is 0. The minimum Gasteiger partial charge on any atom is -0.368 e. The smallest absolute Gasteiger partial charge is 0.103 e. The summed E-state index contributed by atoms with van der Waals surface area (Å²) in [5.41, 5.74) is 2.92. The summed E-state index contributed by atoms with van der Waals surface area (Å²) in [6, 6.07) is 0. The Labute approximate surface area is 135 Å². The van der Waals surface area contributed by atoms with Crippen LogP contribution in [0, 0.1) is 17.8 Å². The molecular weight excluding hydrogens is 274 g/mol. The number of hydroxylamine groups is 2. The highest BCUT2D eigenvalue weighted by Gasteiger charge is 2.55. The Kier molecular flexibility index (Phi) is 3.99. The number of allylic oxidation sites excluding steroid dienone is 1. The Balaban J connectivity index is 1.74. The summed E-state index contributed by atoms with van der Waals surface area (Å²) in [5.74, 6) is 2.26. The van der Waals surface area contributed by atoms with Crippen LogP contribution in [0.3, 0.4) is 0 Å². The molecule has 3 atom stereocenters. The van der Waals surface area contributed by atoms with Gasteiger partial charge in [-0.3, -0.25) is 0 Å². The van der Waals surface area contributed by atoms with Crippen molar-refractivity contribution in [2.75, 3.05) is 6.61 Å². The van der Waals surface area contributed by atoms with Gasteiger partial charge < -0.3 is 9.94 Å². The number of hydrogen-bond acceptors (Lipinski definition) is 3. The zero-order valence-electron chi connectivity index (χ0n) is 15.1. The molecule has 3 rings (SSSR count). The van der Waals surface area contributed by atoms with Gasteiger partial charge in [-0.15, -0.1) is 0 Å². The van der Waals surface area contributed by atoms with Crippen LogP contribution in [0.1, 0.15) is 67.2 Å². The molecule has 3 aliphatic rings. The van der Waals surface area contributed by atoms with Gasteiger partial charge in [0.25, 0.3) is 0 Å². The first-order chi connectivity index (χ1) is 10.2. The largest absolute Gasteiger partial charge is 0.368 e. The number of epoxide rings is 1. The third-order valence-electron chi connectivity index (χ3n) is 6.22. The fourth-order valence-corrected chi connectivity index (χ4v) is 5.01. The number of nitrogens with zero attached hydrogens (tertiary/aromatic N) is 1. The molecule has 1 saturated carbocycles. The lowest BCUT2D eigenvalue weighted by atomic mass is 9.72. The van der Waals surface area contributed by atoms with Crippen molar-refractivity contribution in [3.8, 4) is 0 Å². The molecule has 2 heterocycles. The van der Waals surface area contributed by atoms with Crippen molar-refractivity contribution in [1.29, 1.82) is 0 Å². The second-order valence-electron chi connectivity index (χ2n) is 9.02. The van der Waals surface area contributed by atoms with Crippen molar-refractivity contribution < 1.29 is 9.94 Å². The summed E-state index contributed by atoms with van der Waals surface area (Å²) >= 11 is 0. The van der Waals surface area contributed by atoms with Crippen LogP contribution < -0.4 is 0 Å². The quantitative estimate of drug-likeness (QED) is 0.617. The molecule has 1 unspecified atom stereocenters. The van der Waals surface area contributed by atoms with E-state index in [0.29, 0.717) is 6.10 Å². The van der Waals surface area contributed by atoms with E-state index in [1.54, 1.807) is 16.2 Å². The van der Waals surface area contributed by atoms with Crippen LogP contribution in [0.4, 0.5) is 0 Å². The van der Waals surface area contributed by atoms with Crippen molar-refractivity contribution in [2.45, 2.75) is 84.4 Å². The molecule has 0 spiro atoms. The number of ether oxygens (including phenoxy) is 1. The fraction of sp³-hybridized carbons (Fsp3) is 0.895. The van der Waals surface area contributed by atoms with E-state index in [0.717, 1.165) is 43.6 Å². The van der Waals surface area contributed by atoms with Crippen LogP contribution in [-0.2, 0) is 4.74 Å². The SMILES string of the molecule is CC/C(C)=C(/C1CO1)[C@@H]1C[C@@H]1C1CC(C)(C)N(O)C(C)(C)C1. The minimum absolute atomic E-state index is 0.126.